The average Bonchev–Trinajstić information content (AvgIpc) is 3.17. The molecular formula is C23H20ClN3OS. The maximum Gasteiger partial charge on any atom is 0.196 e. The molecular weight excluding hydrogens is 402 g/mol. The molecule has 0 fully saturated rings. The standard InChI is InChI=1S/C23H20ClN3OS/c1-16-4-3-5-17(14-16)15-29-23-26-25-22(18-6-12-21(28-2)13-7-18)27(23)20-10-8-19(24)9-11-20/h3-14H,15H2,1-2H3. The van der Waals surface area contributed by atoms with Crippen LogP contribution < -0.4 is 4.74 Å². The van der Waals surface area contributed by atoms with Crippen LogP contribution in [0.15, 0.2) is 78.0 Å². The van der Waals surface area contributed by atoms with Crippen molar-refractivity contribution in [2.24, 2.45) is 0 Å². The van der Waals surface area contributed by atoms with Gasteiger partial charge in [0.2, 0.25) is 0 Å². The molecule has 0 unspecified atom stereocenters. The van der Waals surface area contributed by atoms with Crippen molar-refractivity contribution >= 4 is 23.4 Å². The summed E-state index contributed by atoms with van der Waals surface area (Å²) >= 11 is 7.76. The minimum absolute atomic E-state index is 0.696. The third kappa shape index (κ3) is 4.47. The van der Waals surface area contributed by atoms with Crippen molar-refractivity contribution < 1.29 is 4.74 Å². The van der Waals surface area contributed by atoms with E-state index in [-0.39, 0.29) is 0 Å². The Bertz CT molecular complexity index is 1110. The highest BCUT2D eigenvalue weighted by atomic mass is 35.5. The number of halogens is 1. The lowest BCUT2D eigenvalue weighted by Crippen LogP contribution is -2.00. The van der Waals surface area contributed by atoms with E-state index < -0.39 is 0 Å². The van der Waals surface area contributed by atoms with E-state index in [4.69, 9.17) is 16.3 Å². The minimum Gasteiger partial charge on any atom is -0.497 e. The van der Waals surface area contributed by atoms with Gasteiger partial charge in [-0.1, -0.05) is 53.2 Å². The molecule has 6 heteroatoms. The lowest BCUT2D eigenvalue weighted by atomic mass is 10.2. The zero-order valence-corrected chi connectivity index (χ0v) is 17.7. The molecule has 146 valence electrons. The van der Waals surface area contributed by atoms with Gasteiger partial charge in [-0.3, -0.25) is 4.57 Å². The van der Waals surface area contributed by atoms with Crippen molar-refractivity contribution in [1.82, 2.24) is 14.8 Å². The first-order valence-corrected chi connectivity index (χ1v) is 10.5. The van der Waals surface area contributed by atoms with Crippen LogP contribution in [0.25, 0.3) is 17.1 Å². The highest BCUT2D eigenvalue weighted by Gasteiger charge is 2.16. The molecule has 0 aliphatic rings. The molecule has 0 bridgehead atoms. The summed E-state index contributed by atoms with van der Waals surface area (Å²) in [6.45, 7) is 2.10. The average molecular weight is 422 g/mol. The van der Waals surface area contributed by atoms with Gasteiger partial charge in [-0.05, 0) is 61.0 Å². The molecule has 0 N–H and O–H groups in total. The Balaban J connectivity index is 1.72. The van der Waals surface area contributed by atoms with Crippen molar-refractivity contribution in [2.75, 3.05) is 7.11 Å². The molecule has 29 heavy (non-hydrogen) atoms. The van der Waals surface area contributed by atoms with Gasteiger partial charge in [0.25, 0.3) is 0 Å². The molecule has 4 nitrogen and oxygen atoms in total. The molecule has 1 aromatic heterocycles. The summed E-state index contributed by atoms with van der Waals surface area (Å²) in [5, 5.41) is 10.5. The topological polar surface area (TPSA) is 39.9 Å². The number of aromatic nitrogens is 3. The minimum atomic E-state index is 0.696. The normalized spacial score (nSPS) is 10.9. The summed E-state index contributed by atoms with van der Waals surface area (Å²) in [5.41, 5.74) is 4.44. The summed E-state index contributed by atoms with van der Waals surface area (Å²) in [6.07, 6.45) is 0. The number of ether oxygens (including phenoxy) is 1. The molecule has 0 aliphatic heterocycles. The second-order valence-electron chi connectivity index (χ2n) is 6.62. The number of hydrogen-bond acceptors (Lipinski definition) is 4. The second kappa shape index (κ2) is 8.72. The first kappa shape index (κ1) is 19.6. The van der Waals surface area contributed by atoms with E-state index in [0.29, 0.717) is 5.02 Å². The maximum atomic E-state index is 6.10. The quantitative estimate of drug-likeness (QED) is 0.347. The molecule has 0 saturated heterocycles. The highest BCUT2D eigenvalue weighted by Crippen LogP contribution is 2.31. The zero-order chi connectivity index (χ0) is 20.2. The molecule has 0 atom stereocenters. The van der Waals surface area contributed by atoms with Crippen LogP contribution in [0.1, 0.15) is 11.1 Å². The Morgan fingerprint density at radius 2 is 1.72 bits per heavy atom. The number of aryl methyl sites for hydroxylation is 1. The van der Waals surface area contributed by atoms with Crippen LogP contribution in [0.2, 0.25) is 5.02 Å². The van der Waals surface area contributed by atoms with E-state index in [9.17, 15) is 0 Å². The molecule has 1 heterocycles. The summed E-state index contributed by atoms with van der Waals surface area (Å²) in [5.74, 6) is 2.40. The lowest BCUT2D eigenvalue weighted by molar-refractivity contribution is 0.415. The van der Waals surface area contributed by atoms with Gasteiger partial charge in [0.1, 0.15) is 5.75 Å². The molecule has 0 aliphatic carbocycles. The molecule has 4 rings (SSSR count). The first-order chi connectivity index (χ1) is 14.1. The number of thioether (sulfide) groups is 1. The fourth-order valence-corrected chi connectivity index (χ4v) is 4.08. The Labute approximate surface area is 179 Å². The van der Waals surface area contributed by atoms with Crippen molar-refractivity contribution in [1.29, 1.82) is 0 Å². The zero-order valence-electron chi connectivity index (χ0n) is 16.2. The van der Waals surface area contributed by atoms with E-state index in [2.05, 4.69) is 46.0 Å². The van der Waals surface area contributed by atoms with Gasteiger partial charge in [0.15, 0.2) is 11.0 Å². The van der Waals surface area contributed by atoms with E-state index in [1.807, 2.05) is 48.5 Å². The number of rotatable bonds is 6. The van der Waals surface area contributed by atoms with Crippen LogP contribution in [-0.4, -0.2) is 21.9 Å². The van der Waals surface area contributed by atoms with Crippen LogP contribution >= 0.6 is 23.4 Å². The van der Waals surface area contributed by atoms with E-state index >= 15 is 0 Å². The largest absolute Gasteiger partial charge is 0.497 e. The van der Waals surface area contributed by atoms with Crippen molar-refractivity contribution in [3.63, 3.8) is 0 Å². The monoisotopic (exact) mass is 421 g/mol. The van der Waals surface area contributed by atoms with Gasteiger partial charge in [-0.25, -0.2) is 0 Å². The van der Waals surface area contributed by atoms with Gasteiger partial charge < -0.3 is 4.74 Å². The van der Waals surface area contributed by atoms with Gasteiger partial charge in [0, 0.05) is 22.0 Å². The van der Waals surface area contributed by atoms with Crippen molar-refractivity contribution in [2.45, 2.75) is 17.8 Å². The van der Waals surface area contributed by atoms with E-state index in [0.717, 1.165) is 33.7 Å². The summed E-state index contributed by atoms with van der Waals surface area (Å²) in [7, 11) is 1.66. The predicted molar refractivity (Wildman–Crippen MR) is 119 cm³/mol. The SMILES string of the molecule is COc1ccc(-c2nnc(SCc3cccc(C)c3)n2-c2ccc(Cl)cc2)cc1. The maximum absolute atomic E-state index is 6.10. The van der Waals surface area contributed by atoms with Crippen LogP contribution in [-0.2, 0) is 5.75 Å². The number of hydrogen-bond donors (Lipinski definition) is 0. The van der Waals surface area contributed by atoms with Crippen LogP contribution in [0, 0.1) is 6.92 Å². The van der Waals surface area contributed by atoms with E-state index in [1.54, 1.807) is 18.9 Å². The fraction of sp³-hybridized carbons (Fsp3) is 0.130. The van der Waals surface area contributed by atoms with Crippen LogP contribution in [0.4, 0.5) is 0 Å². The Morgan fingerprint density at radius 3 is 2.41 bits per heavy atom. The van der Waals surface area contributed by atoms with Gasteiger partial charge >= 0.3 is 0 Å². The second-order valence-corrected chi connectivity index (χ2v) is 8.00. The molecule has 3 aromatic carbocycles. The Kier molecular flexibility index (Phi) is 5.88. The summed E-state index contributed by atoms with van der Waals surface area (Å²) in [6, 6.07) is 24.1. The van der Waals surface area contributed by atoms with Crippen LogP contribution in [0.3, 0.4) is 0 Å². The highest BCUT2D eigenvalue weighted by molar-refractivity contribution is 7.98. The van der Waals surface area contributed by atoms with Gasteiger partial charge in [0.05, 0.1) is 7.11 Å². The summed E-state index contributed by atoms with van der Waals surface area (Å²) in [4.78, 5) is 0. The Morgan fingerprint density at radius 1 is 0.966 bits per heavy atom. The first-order valence-electron chi connectivity index (χ1n) is 9.18. The summed E-state index contributed by atoms with van der Waals surface area (Å²) < 4.78 is 7.34. The lowest BCUT2D eigenvalue weighted by Gasteiger charge is -2.11. The molecule has 4 aromatic rings. The third-order valence-electron chi connectivity index (χ3n) is 4.52. The van der Waals surface area contributed by atoms with Gasteiger partial charge in [-0.2, -0.15) is 0 Å². The number of nitrogens with zero attached hydrogens (tertiary/aromatic N) is 3. The van der Waals surface area contributed by atoms with Gasteiger partial charge in [-0.15, -0.1) is 10.2 Å². The third-order valence-corrected chi connectivity index (χ3v) is 5.77. The smallest absolute Gasteiger partial charge is 0.196 e. The molecule has 0 radical (unpaired) electrons. The number of methoxy groups -OCH3 is 1. The number of benzene rings is 3. The van der Waals surface area contributed by atoms with Crippen LogP contribution in [0.5, 0.6) is 5.75 Å². The predicted octanol–water partition coefficient (Wildman–Crippen LogP) is 6.20. The van der Waals surface area contributed by atoms with Crippen molar-refractivity contribution in [3.8, 4) is 22.8 Å². The van der Waals surface area contributed by atoms with E-state index in [1.165, 1.54) is 11.1 Å². The molecule has 0 amide bonds. The van der Waals surface area contributed by atoms with Crippen molar-refractivity contribution in [3.05, 3.63) is 88.9 Å². The Hall–Kier alpha value is -2.76. The molecule has 0 saturated carbocycles. The fourth-order valence-electron chi connectivity index (χ4n) is 3.06. The molecule has 0 spiro atoms.